The maximum Gasteiger partial charge on any atom is 0.412 e. The topological polar surface area (TPSA) is 108 Å². The Kier molecular flexibility index (Phi) is 6.75. The van der Waals surface area contributed by atoms with Gasteiger partial charge in [-0.05, 0) is 22.9 Å². The van der Waals surface area contributed by atoms with Crippen LogP contribution in [0, 0.1) is 5.92 Å². The van der Waals surface area contributed by atoms with E-state index in [1.807, 2.05) is 54.6 Å². The molecule has 0 saturated heterocycles. The van der Waals surface area contributed by atoms with E-state index in [1.54, 1.807) is 42.7 Å². The third-order valence-corrected chi connectivity index (χ3v) is 5.64. The SMILES string of the molecule is C[C@H](/C=C/C(=O)NO)[C@@H](OC(=O)Nc1cccc2ccccc12)c1ccc(O)c2ccccc12. The minimum Gasteiger partial charge on any atom is -0.507 e. The highest BCUT2D eigenvalue weighted by atomic mass is 16.6. The Hall–Kier alpha value is -4.36. The lowest BCUT2D eigenvalue weighted by atomic mass is 9.92. The van der Waals surface area contributed by atoms with Gasteiger partial charge in [-0.15, -0.1) is 0 Å². The standard InChI is InChI=1S/C27H24N2O5/c1-17(13-16-25(31)29-33)26(22-14-15-24(30)21-11-5-4-10-20(21)22)34-27(32)28-23-12-6-8-18-7-2-3-9-19(18)23/h2-17,26,30,33H,1H3,(H,28,32)(H,29,31)/b16-13+/t17-,26-/m1/s1. The van der Waals surface area contributed by atoms with E-state index in [-0.39, 0.29) is 5.75 Å². The monoisotopic (exact) mass is 456 g/mol. The van der Waals surface area contributed by atoms with Crippen LogP contribution in [0.2, 0.25) is 0 Å². The molecule has 4 N–H and O–H groups in total. The smallest absolute Gasteiger partial charge is 0.412 e. The minimum absolute atomic E-state index is 0.112. The zero-order chi connectivity index (χ0) is 24.1. The van der Waals surface area contributed by atoms with Gasteiger partial charge in [0.15, 0.2) is 0 Å². The number of hydroxylamine groups is 1. The molecule has 4 rings (SSSR count). The fourth-order valence-electron chi connectivity index (χ4n) is 3.98. The minimum atomic E-state index is -0.789. The zero-order valence-corrected chi connectivity index (χ0v) is 18.4. The molecule has 0 fully saturated rings. The summed E-state index contributed by atoms with van der Waals surface area (Å²) in [6, 6.07) is 23.8. The summed E-state index contributed by atoms with van der Waals surface area (Å²) in [6.45, 7) is 1.79. The average molecular weight is 456 g/mol. The van der Waals surface area contributed by atoms with Crippen LogP contribution in [0.25, 0.3) is 21.5 Å². The van der Waals surface area contributed by atoms with Crippen molar-refractivity contribution in [3.8, 4) is 5.75 Å². The van der Waals surface area contributed by atoms with Crippen LogP contribution >= 0.6 is 0 Å². The van der Waals surface area contributed by atoms with Gasteiger partial charge in [0.25, 0.3) is 5.91 Å². The molecule has 0 unspecified atom stereocenters. The van der Waals surface area contributed by atoms with Crippen molar-refractivity contribution in [3.05, 3.63) is 96.6 Å². The molecule has 0 radical (unpaired) electrons. The summed E-state index contributed by atoms with van der Waals surface area (Å²) < 4.78 is 5.89. The highest BCUT2D eigenvalue weighted by molar-refractivity contribution is 6.00. The molecule has 0 heterocycles. The Bertz CT molecular complexity index is 1380. The van der Waals surface area contributed by atoms with Crippen molar-refractivity contribution in [1.29, 1.82) is 0 Å². The summed E-state index contributed by atoms with van der Waals surface area (Å²) in [4.78, 5) is 24.5. The number of hydrogen-bond acceptors (Lipinski definition) is 5. The maximum absolute atomic E-state index is 13.0. The Morgan fingerprint density at radius 2 is 1.56 bits per heavy atom. The highest BCUT2D eigenvalue weighted by Gasteiger charge is 2.25. The number of amides is 2. The number of hydrogen-bond donors (Lipinski definition) is 4. The number of rotatable bonds is 6. The molecular formula is C27H24N2O5. The first kappa shape index (κ1) is 22.8. The van der Waals surface area contributed by atoms with Crippen LogP contribution in [0.15, 0.2) is 91.0 Å². The van der Waals surface area contributed by atoms with Gasteiger partial charge in [0.1, 0.15) is 11.9 Å². The zero-order valence-electron chi connectivity index (χ0n) is 18.4. The molecule has 0 saturated carbocycles. The molecule has 2 amide bonds. The van der Waals surface area contributed by atoms with Crippen molar-refractivity contribution in [1.82, 2.24) is 5.48 Å². The van der Waals surface area contributed by atoms with Crippen molar-refractivity contribution in [2.24, 2.45) is 5.92 Å². The first-order valence-corrected chi connectivity index (χ1v) is 10.8. The molecule has 172 valence electrons. The predicted molar refractivity (Wildman–Crippen MR) is 131 cm³/mol. The number of phenols is 1. The molecule has 2 atom stereocenters. The van der Waals surface area contributed by atoms with E-state index in [1.165, 1.54) is 6.08 Å². The third-order valence-electron chi connectivity index (χ3n) is 5.64. The molecular weight excluding hydrogens is 432 g/mol. The normalized spacial score (nSPS) is 13.0. The van der Waals surface area contributed by atoms with Gasteiger partial charge in [-0.1, -0.05) is 79.7 Å². The van der Waals surface area contributed by atoms with Crippen LogP contribution < -0.4 is 10.8 Å². The molecule has 7 nitrogen and oxygen atoms in total. The number of carbonyl (C=O) groups is 2. The number of ether oxygens (including phenoxy) is 1. The lowest BCUT2D eigenvalue weighted by Gasteiger charge is -2.24. The third kappa shape index (κ3) is 4.84. The number of phenolic OH excluding ortho intramolecular Hbond substituents is 1. The summed E-state index contributed by atoms with van der Waals surface area (Å²) in [5, 5.41) is 25.1. The largest absolute Gasteiger partial charge is 0.507 e. The number of benzene rings is 4. The lowest BCUT2D eigenvalue weighted by molar-refractivity contribution is -0.124. The molecule has 0 bridgehead atoms. The van der Waals surface area contributed by atoms with E-state index in [9.17, 15) is 14.7 Å². The van der Waals surface area contributed by atoms with Crippen molar-refractivity contribution < 1.29 is 24.6 Å². The van der Waals surface area contributed by atoms with Gasteiger partial charge in [0, 0.05) is 28.3 Å². The van der Waals surface area contributed by atoms with E-state index in [4.69, 9.17) is 9.94 Å². The van der Waals surface area contributed by atoms with Crippen LogP contribution in [0.3, 0.4) is 0 Å². The molecule has 4 aromatic carbocycles. The van der Waals surface area contributed by atoms with Crippen LogP contribution in [0.1, 0.15) is 18.6 Å². The van der Waals surface area contributed by atoms with Gasteiger partial charge >= 0.3 is 6.09 Å². The quantitative estimate of drug-likeness (QED) is 0.169. The maximum atomic E-state index is 13.0. The average Bonchev–Trinajstić information content (AvgIpc) is 2.86. The number of fused-ring (bicyclic) bond motifs is 2. The van der Waals surface area contributed by atoms with E-state index in [0.717, 1.165) is 16.2 Å². The number of carbonyl (C=O) groups excluding carboxylic acids is 2. The van der Waals surface area contributed by atoms with Gasteiger partial charge in [0.05, 0.1) is 5.69 Å². The molecule has 7 heteroatoms. The van der Waals surface area contributed by atoms with E-state index in [2.05, 4.69) is 5.32 Å². The second-order valence-electron chi connectivity index (χ2n) is 7.89. The van der Waals surface area contributed by atoms with Gasteiger partial charge in [-0.3, -0.25) is 15.3 Å². The van der Waals surface area contributed by atoms with E-state index in [0.29, 0.717) is 16.6 Å². The number of aromatic hydroxyl groups is 1. The molecule has 0 aliphatic carbocycles. The molecule has 34 heavy (non-hydrogen) atoms. The number of anilines is 1. The molecule has 0 aliphatic rings. The van der Waals surface area contributed by atoms with E-state index >= 15 is 0 Å². The summed E-state index contributed by atoms with van der Waals surface area (Å²) in [5.74, 6) is -1.02. The van der Waals surface area contributed by atoms with Crippen molar-refractivity contribution >= 4 is 39.2 Å². The first-order chi connectivity index (χ1) is 16.5. The fraction of sp³-hybridized carbons (Fsp3) is 0.111. The van der Waals surface area contributed by atoms with Crippen LogP contribution in [0.4, 0.5) is 10.5 Å². The van der Waals surface area contributed by atoms with Crippen LogP contribution in [0.5, 0.6) is 5.75 Å². The predicted octanol–water partition coefficient (Wildman–Crippen LogP) is 5.69. The highest BCUT2D eigenvalue weighted by Crippen LogP contribution is 2.36. The Labute approximate surface area is 196 Å². The van der Waals surface area contributed by atoms with Crippen molar-refractivity contribution in [2.75, 3.05) is 5.32 Å². The summed E-state index contributed by atoms with van der Waals surface area (Å²) in [7, 11) is 0. The van der Waals surface area contributed by atoms with Gasteiger partial charge in [-0.25, -0.2) is 10.3 Å². The fourth-order valence-corrected chi connectivity index (χ4v) is 3.98. The Morgan fingerprint density at radius 3 is 2.32 bits per heavy atom. The Morgan fingerprint density at radius 1 is 0.882 bits per heavy atom. The summed E-state index contributed by atoms with van der Waals surface area (Å²) in [6.07, 6.45) is 1.27. The summed E-state index contributed by atoms with van der Waals surface area (Å²) in [5.41, 5.74) is 2.83. The van der Waals surface area contributed by atoms with Gasteiger partial charge < -0.3 is 9.84 Å². The second kappa shape index (κ2) is 10.1. The van der Waals surface area contributed by atoms with Crippen LogP contribution in [-0.2, 0) is 9.53 Å². The second-order valence-corrected chi connectivity index (χ2v) is 7.89. The molecule has 4 aromatic rings. The van der Waals surface area contributed by atoms with Crippen molar-refractivity contribution in [2.45, 2.75) is 13.0 Å². The van der Waals surface area contributed by atoms with E-state index < -0.39 is 24.0 Å². The van der Waals surface area contributed by atoms with Crippen molar-refractivity contribution in [3.63, 3.8) is 0 Å². The number of nitrogens with one attached hydrogen (secondary N) is 2. The van der Waals surface area contributed by atoms with Gasteiger partial charge in [0.2, 0.25) is 0 Å². The Balaban J connectivity index is 1.69. The van der Waals surface area contributed by atoms with Crippen LogP contribution in [-0.4, -0.2) is 22.3 Å². The first-order valence-electron chi connectivity index (χ1n) is 10.8. The molecule has 0 spiro atoms. The summed E-state index contributed by atoms with van der Waals surface area (Å²) >= 11 is 0. The molecule has 0 aliphatic heterocycles. The molecule has 0 aromatic heterocycles. The lowest BCUT2D eigenvalue weighted by Crippen LogP contribution is -2.22. The van der Waals surface area contributed by atoms with Gasteiger partial charge in [-0.2, -0.15) is 0 Å².